The molecule has 6 heteroatoms. The molecule has 13 aromatic rings. The first-order valence-corrected chi connectivity index (χ1v) is 29.1. The van der Waals surface area contributed by atoms with Crippen molar-refractivity contribution in [2.45, 2.75) is 112 Å². The summed E-state index contributed by atoms with van der Waals surface area (Å²) in [6, 6.07) is 28.1. The SMILES string of the molecule is [2H]c1c([2H])c([2H])c(-c2cnc(-n3c4[c-]c(Oc5[c-]c(-n6[c-][n+](-c7c(-c8c([2H])c(-c9c([2H])c([2H])c([2H])c([2H])c9[2H])c([2H])c(-c9c([2H])c([2H])c([2H])c([2H])c9[2H])c8[2H])cc(C(C)(C)C)cc7C(C)(C)C)c7ccc(-c8cc(C(C)(C)C)cc(C(C)(C)C)c8)cc76)ccc5)ccc4c4ccccc43)cc2C([2H])([2H])[2H])c([2H])c1[2H].[Pt]. The standard InChI is InChI=1S/C83H76N4O.Pt/c1-54-40-78(84-52-72(54)57-30-21-16-22-31-57)87-74-35-24-23-34-69(74)70-38-37-68(51-76(70)87)88-67-33-25-32-66(50-67)85-53-86(75-39-36-58(46-77(75)85)61-44-63(80(2,3)4)47-64(45-61)81(5,6)7)79-71(48-65(82(8,9)10)49-73(79)83(11,12)13)62-42-59(55-26-17-14-18-27-55)41-60(43-62)56-28-19-15-20-29-56;/h14-49,52H,1-13H3;/q-2;/i1D3,14D,15D,16D,17D,18D,19D,20D,21D,22D,26D,27D,28D,29D,30D,31D,41D,42D,43D;. The van der Waals surface area contributed by atoms with Crippen molar-refractivity contribution in [2.75, 3.05) is 0 Å². The summed E-state index contributed by atoms with van der Waals surface area (Å²) < 4.78 is 202. The Morgan fingerprint density at radius 1 is 0.483 bits per heavy atom. The fourth-order valence-corrected chi connectivity index (χ4v) is 11.0. The number of nitrogens with zero attached hydrogens (tertiary/aromatic N) is 4. The third kappa shape index (κ3) is 11.9. The fraction of sp³-hybridized carbons (Fsp3) is 0.205. The van der Waals surface area contributed by atoms with Crippen LogP contribution in [-0.4, -0.2) is 14.1 Å². The van der Waals surface area contributed by atoms with Crippen molar-refractivity contribution in [3.8, 4) is 84.3 Å². The van der Waals surface area contributed by atoms with Crippen molar-refractivity contribution in [1.29, 1.82) is 0 Å². The Balaban J connectivity index is 0.0000113. The molecule has 3 aromatic heterocycles. The minimum absolute atomic E-state index is 0. The van der Waals surface area contributed by atoms with Gasteiger partial charge in [-0.25, -0.2) is 4.98 Å². The molecule has 0 bridgehead atoms. The van der Waals surface area contributed by atoms with Crippen LogP contribution < -0.4 is 9.30 Å². The fourth-order valence-electron chi connectivity index (χ4n) is 11.0. The molecule has 446 valence electrons. The summed E-state index contributed by atoms with van der Waals surface area (Å²) in [7, 11) is 0. The number of hydrogen-bond acceptors (Lipinski definition) is 2. The number of aryl methyl sites for hydroxylation is 1. The molecular formula is C83H76N4OPt-2. The number of imidazole rings is 1. The molecule has 0 radical (unpaired) electrons. The maximum atomic E-state index is 10.5. The molecule has 10 aromatic carbocycles. The topological polar surface area (TPSA) is 35.9 Å². The Bertz CT molecular complexity index is 5830. The van der Waals surface area contributed by atoms with E-state index in [9.17, 15) is 9.60 Å². The van der Waals surface area contributed by atoms with E-state index in [0.717, 1.165) is 27.6 Å². The molecule has 3 heterocycles. The van der Waals surface area contributed by atoms with Crippen LogP contribution in [0.5, 0.6) is 11.5 Å². The molecule has 0 atom stereocenters. The zero-order chi connectivity index (χ0) is 79.6. The zero-order valence-electron chi connectivity index (χ0n) is 72.5. The van der Waals surface area contributed by atoms with Crippen LogP contribution in [0.25, 0.3) is 106 Å². The van der Waals surface area contributed by atoms with Crippen LogP contribution in [-0.2, 0) is 42.7 Å². The van der Waals surface area contributed by atoms with Crippen LogP contribution in [0.2, 0.25) is 0 Å². The maximum Gasteiger partial charge on any atom is 0.268 e. The summed E-state index contributed by atoms with van der Waals surface area (Å²) in [5.74, 6) is 0.523. The van der Waals surface area contributed by atoms with E-state index in [1.807, 2.05) is 102 Å². The van der Waals surface area contributed by atoms with Gasteiger partial charge in [0.05, 0.1) is 41.4 Å². The Morgan fingerprint density at radius 3 is 1.70 bits per heavy atom. The minimum atomic E-state index is -2.86. The molecule has 0 aliphatic carbocycles. The van der Waals surface area contributed by atoms with Crippen molar-refractivity contribution in [2.24, 2.45) is 0 Å². The Hall–Kier alpha value is -8.89. The molecule has 0 fully saturated rings. The van der Waals surface area contributed by atoms with E-state index in [4.69, 9.17) is 28.9 Å². The van der Waals surface area contributed by atoms with E-state index in [0.29, 0.717) is 50.0 Å². The van der Waals surface area contributed by atoms with Crippen LogP contribution in [0.3, 0.4) is 0 Å². The largest absolute Gasteiger partial charge is 0.510 e. The minimum Gasteiger partial charge on any atom is -0.510 e. The molecule has 0 saturated carbocycles. The Kier molecular flexibility index (Phi) is 10.4. The smallest absolute Gasteiger partial charge is 0.268 e. The van der Waals surface area contributed by atoms with Crippen molar-refractivity contribution < 1.29 is 59.2 Å². The summed E-state index contributed by atoms with van der Waals surface area (Å²) in [5, 5.41) is 1.44. The quantitative estimate of drug-likeness (QED) is 0.101. The van der Waals surface area contributed by atoms with Gasteiger partial charge in [-0.15, -0.1) is 29.7 Å². The van der Waals surface area contributed by atoms with Crippen LogP contribution in [0, 0.1) is 25.3 Å². The monoisotopic (exact) mass is 1360 g/mol. The molecule has 0 amide bonds. The van der Waals surface area contributed by atoms with E-state index in [1.54, 1.807) is 38.0 Å². The molecule has 0 aliphatic rings. The van der Waals surface area contributed by atoms with Crippen LogP contribution in [0.1, 0.15) is 140 Å². The first kappa shape index (κ1) is 39.9. The molecule has 0 N–H and O–H groups in total. The average Bonchev–Trinajstić information content (AvgIpc) is 1.09. The Labute approximate surface area is 570 Å². The number of rotatable bonds is 10. The van der Waals surface area contributed by atoms with Gasteiger partial charge < -0.3 is 13.9 Å². The number of hydrogen-bond donors (Lipinski definition) is 0. The van der Waals surface area contributed by atoms with Crippen molar-refractivity contribution in [3.05, 3.63) is 270 Å². The van der Waals surface area contributed by atoms with Gasteiger partial charge >= 0.3 is 0 Å². The van der Waals surface area contributed by atoms with Gasteiger partial charge in [0.25, 0.3) is 6.33 Å². The van der Waals surface area contributed by atoms with Gasteiger partial charge in [0.15, 0.2) is 0 Å². The van der Waals surface area contributed by atoms with Gasteiger partial charge in [0.2, 0.25) is 0 Å². The molecule has 0 saturated heterocycles. The first-order valence-electron chi connectivity index (χ1n) is 39.6. The number of pyridine rings is 1. The van der Waals surface area contributed by atoms with Crippen LogP contribution in [0.4, 0.5) is 0 Å². The number of ether oxygens (including phenoxy) is 1. The third-order valence-corrected chi connectivity index (χ3v) is 15.8. The van der Waals surface area contributed by atoms with Gasteiger partial charge in [0.1, 0.15) is 5.82 Å². The van der Waals surface area contributed by atoms with Crippen molar-refractivity contribution >= 4 is 32.8 Å². The number of para-hydroxylation sites is 1. The van der Waals surface area contributed by atoms with E-state index >= 15 is 0 Å². The van der Waals surface area contributed by atoms with E-state index in [-0.39, 0.29) is 77.0 Å². The molecule has 13 rings (SSSR count). The summed E-state index contributed by atoms with van der Waals surface area (Å²) in [6.45, 7) is 22.1. The summed E-state index contributed by atoms with van der Waals surface area (Å²) >= 11 is 0. The van der Waals surface area contributed by atoms with Gasteiger partial charge in [0, 0.05) is 54.0 Å². The normalized spacial score (nSPS) is 15.7. The molecule has 0 aliphatic heterocycles. The summed E-state index contributed by atoms with van der Waals surface area (Å²) in [5.41, 5.74) is 2.98. The van der Waals surface area contributed by atoms with E-state index in [1.165, 1.54) is 12.3 Å². The molecule has 89 heavy (non-hydrogen) atoms. The molecular weight excluding hydrogens is 1260 g/mol. The Morgan fingerprint density at radius 2 is 1.08 bits per heavy atom. The second-order valence-electron chi connectivity index (χ2n) is 26.2. The van der Waals surface area contributed by atoms with Crippen molar-refractivity contribution in [3.63, 3.8) is 0 Å². The molecule has 0 spiro atoms. The maximum absolute atomic E-state index is 10.5. The third-order valence-electron chi connectivity index (χ3n) is 15.8. The van der Waals surface area contributed by atoms with Crippen molar-refractivity contribution in [1.82, 2.24) is 14.1 Å². The van der Waals surface area contributed by atoms with Gasteiger partial charge in [-0.05, 0) is 154 Å². The van der Waals surface area contributed by atoms with Gasteiger partial charge in [-0.3, -0.25) is 4.57 Å². The van der Waals surface area contributed by atoms with E-state index in [2.05, 4.69) is 78.2 Å². The number of fused-ring (bicyclic) bond motifs is 4. The van der Waals surface area contributed by atoms with Crippen LogP contribution in [0.15, 0.2) is 224 Å². The van der Waals surface area contributed by atoms with Crippen LogP contribution >= 0.6 is 0 Å². The second-order valence-corrected chi connectivity index (χ2v) is 26.2. The zero-order valence-corrected chi connectivity index (χ0v) is 53.8. The number of benzene rings is 10. The average molecular weight is 1360 g/mol. The summed E-state index contributed by atoms with van der Waals surface area (Å²) in [6.07, 6.45) is 4.90. The van der Waals surface area contributed by atoms with Gasteiger partial charge in [-0.1, -0.05) is 240 Å². The predicted molar refractivity (Wildman–Crippen MR) is 367 cm³/mol. The predicted octanol–water partition coefficient (Wildman–Crippen LogP) is 21.4. The number of aromatic nitrogens is 4. The first-order chi connectivity index (χ1) is 50.7. The molecule has 0 unspecified atom stereocenters. The second kappa shape index (κ2) is 23.2. The van der Waals surface area contributed by atoms with E-state index < -0.39 is 149 Å². The van der Waals surface area contributed by atoms with Gasteiger partial charge in [-0.2, -0.15) is 18.2 Å². The summed E-state index contributed by atoms with van der Waals surface area (Å²) in [4.78, 5) is 4.74. The molecule has 5 nitrogen and oxygen atoms in total.